The Kier molecular flexibility index (Phi) is 3.52. The maximum Gasteiger partial charge on any atom is 0.140 e. The molecule has 1 aromatic rings. The molecule has 0 aliphatic carbocycles. The van der Waals surface area contributed by atoms with Crippen molar-refractivity contribution in [1.82, 2.24) is 20.1 Å². The Hall–Kier alpha value is -0.980. The standard InChI is InChI=1S/C10H18N4O2/c1-2-14-9(12-8-13-14)5-11-6-10(15)3-4-16-7-10/h8,11,15H,2-7H2,1H3. The summed E-state index contributed by atoms with van der Waals surface area (Å²) in [5, 5.41) is 17.3. The van der Waals surface area contributed by atoms with Gasteiger partial charge in [0.25, 0.3) is 0 Å². The summed E-state index contributed by atoms with van der Waals surface area (Å²) in [6, 6.07) is 0. The van der Waals surface area contributed by atoms with Crippen molar-refractivity contribution in [3.05, 3.63) is 12.2 Å². The van der Waals surface area contributed by atoms with Gasteiger partial charge in [0.1, 0.15) is 17.8 Å². The minimum Gasteiger partial charge on any atom is -0.386 e. The molecule has 0 amide bonds. The summed E-state index contributed by atoms with van der Waals surface area (Å²) in [4.78, 5) is 4.15. The lowest BCUT2D eigenvalue weighted by atomic mass is 10.0. The van der Waals surface area contributed by atoms with E-state index in [1.54, 1.807) is 6.33 Å². The van der Waals surface area contributed by atoms with E-state index in [0.717, 1.165) is 12.4 Å². The molecule has 0 spiro atoms. The number of aryl methyl sites for hydroxylation is 1. The van der Waals surface area contributed by atoms with Crippen LogP contribution in [0.2, 0.25) is 0 Å². The number of rotatable bonds is 5. The summed E-state index contributed by atoms with van der Waals surface area (Å²) < 4.78 is 7.01. The minimum atomic E-state index is -0.711. The molecule has 1 aliphatic rings. The van der Waals surface area contributed by atoms with E-state index in [2.05, 4.69) is 15.4 Å². The number of hydrogen-bond acceptors (Lipinski definition) is 5. The lowest BCUT2D eigenvalue weighted by molar-refractivity contribution is 0.0266. The number of aliphatic hydroxyl groups is 1. The average Bonchev–Trinajstić information content (AvgIpc) is 2.88. The summed E-state index contributed by atoms with van der Waals surface area (Å²) in [6.07, 6.45) is 2.24. The second-order valence-corrected chi connectivity index (χ2v) is 4.12. The Morgan fingerprint density at radius 2 is 2.56 bits per heavy atom. The smallest absolute Gasteiger partial charge is 0.140 e. The average molecular weight is 226 g/mol. The van der Waals surface area contributed by atoms with Gasteiger partial charge in [-0.25, -0.2) is 9.67 Å². The molecule has 1 saturated heterocycles. The monoisotopic (exact) mass is 226 g/mol. The van der Waals surface area contributed by atoms with Crippen molar-refractivity contribution in [2.45, 2.75) is 32.0 Å². The van der Waals surface area contributed by atoms with Crippen LogP contribution >= 0.6 is 0 Å². The van der Waals surface area contributed by atoms with Crippen LogP contribution in [0.15, 0.2) is 6.33 Å². The Morgan fingerprint density at radius 3 is 3.25 bits per heavy atom. The van der Waals surface area contributed by atoms with E-state index in [0.29, 0.717) is 32.7 Å². The van der Waals surface area contributed by atoms with Gasteiger partial charge >= 0.3 is 0 Å². The van der Waals surface area contributed by atoms with Gasteiger partial charge in [-0.15, -0.1) is 0 Å². The number of nitrogens with one attached hydrogen (secondary N) is 1. The minimum absolute atomic E-state index is 0.417. The Balaban J connectivity index is 1.79. The van der Waals surface area contributed by atoms with Crippen LogP contribution in [0.25, 0.3) is 0 Å². The van der Waals surface area contributed by atoms with Crippen LogP contribution in [-0.2, 0) is 17.8 Å². The fraction of sp³-hybridized carbons (Fsp3) is 0.800. The second kappa shape index (κ2) is 4.90. The molecule has 1 unspecified atom stereocenters. The Labute approximate surface area is 94.6 Å². The van der Waals surface area contributed by atoms with Crippen LogP contribution in [0.1, 0.15) is 19.2 Å². The van der Waals surface area contributed by atoms with E-state index >= 15 is 0 Å². The molecule has 1 aliphatic heterocycles. The highest BCUT2D eigenvalue weighted by atomic mass is 16.5. The highest BCUT2D eigenvalue weighted by Gasteiger charge is 2.31. The summed E-state index contributed by atoms with van der Waals surface area (Å²) in [5.41, 5.74) is -0.711. The first-order valence-electron chi connectivity index (χ1n) is 5.61. The summed E-state index contributed by atoms with van der Waals surface area (Å²) in [7, 11) is 0. The van der Waals surface area contributed by atoms with E-state index < -0.39 is 5.60 Å². The van der Waals surface area contributed by atoms with Gasteiger partial charge in [-0.1, -0.05) is 0 Å². The van der Waals surface area contributed by atoms with Gasteiger partial charge in [-0.2, -0.15) is 5.10 Å². The first-order valence-corrected chi connectivity index (χ1v) is 5.61. The molecule has 6 heteroatoms. The summed E-state index contributed by atoms with van der Waals surface area (Å²) in [6.45, 7) is 5.05. The number of aromatic nitrogens is 3. The molecule has 2 rings (SSSR count). The van der Waals surface area contributed by atoms with Crippen LogP contribution < -0.4 is 5.32 Å². The fourth-order valence-electron chi connectivity index (χ4n) is 1.83. The Bertz CT molecular complexity index is 333. The quantitative estimate of drug-likeness (QED) is 0.711. The summed E-state index contributed by atoms with van der Waals surface area (Å²) in [5.74, 6) is 0.894. The second-order valence-electron chi connectivity index (χ2n) is 4.12. The van der Waals surface area contributed by atoms with Crippen molar-refractivity contribution in [3.8, 4) is 0 Å². The molecular weight excluding hydrogens is 208 g/mol. The largest absolute Gasteiger partial charge is 0.386 e. The summed E-state index contributed by atoms with van der Waals surface area (Å²) >= 11 is 0. The van der Waals surface area contributed by atoms with Gasteiger partial charge in [0.05, 0.1) is 13.2 Å². The molecule has 1 fully saturated rings. The maximum absolute atomic E-state index is 10.0. The number of hydrogen-bond donors (Lipinski definition) is 2. The zero-order valence-corrected chi connectivity index (χ0v) is 9.52. The third-order valence-electron chi connectivity index (χ3n) is 2.81. The topological polar surface area (TPSA) is 72.2 Å². The molecule has 16 heavy (non-hydrogen) atoms. The van der Waals surface area contributed by atoms with E-state index in [1.165, 1.54) is 0 Å². The van der Waals surface area contributed by atoms with E-state index in [1.807, 2.05) is 11.6 Å². The molecule has 1 aromatic heterocycles. The molecule has 0 saturated carbocycles. The first-order chi connectivity index (χ1) is 7.73. The van der Waals surface area contributed by atoms with Crippen LogP contribution in [0, 0.1) is 0 Å². The van der Waals surface area contributed by atoms with Gasteiger partial charge < -0.3 is 15.2 Å². The normalized spacial score (nSPS) is 25.1. The van der Waals surface area contributed by atoms with Gasteiger partial charge in [0, 0.05) is 26.1 Å². The SMILES string of the molecule is CCn1ncnc1CNCC1(O)CCOC1. The molecule has 2 N–H and O–H groups in total. The van der Waals surface area contributed by atoms with Crippen LogP contribution in [0.3, 0.4) is 0 Å². The lowest BCUT2D eigenvalue weighted by Gasteiger charge is -2.20. The van der Waals surface area contributed by atoms with Crippen LogP contribution in [0.4, 0.5) is 0 Å². The van der Waals surface area contributed by atoms with Gasteiger partial charge in [0.2, 0.25) is 0 Å². The predicted molar refractivity (Wildman–Crippen MR) is 57.8 cm³/mol. The van der Waals surface area contributed by atoms with E-state index in [-0.39, 0.29) is 0 Å². The third-order valence-corrected chi connectivity index (χ3v) is 2.81. The molecule has 1 atom stereocenters. The van der Waals surface area contributed by atoms with Crippen molar-refractivity contribution in [2.24, 2.45) is 0 Å². The zero-order chi connectivity index (χ0) is 11.4. The van der Waals surface area contributed by atoms with Crippen molar-refractivity contribution in [3.63, 3.8) is 0 Å². The van der Waals surface area contributed by atoms with Crippen LogP contribution in [-0.4, -0.2) is 45.2 Å². The van der Waals surface area contributed by atoms with Crippen LogP contribution in [0.5, 0.6) is 0 Å². The third kappa shape index (κ3) is 2.58. The number of ether oxygens (including phenoxy) is 1. The van der Waals surface area contributed by atoms with Gasteiger partial charge in [-0.3, -0.25) is 0 Å². The van der Waals surface area contributed by atoms with E-state index in [4.69, 9.17) is 4.74 Å². The first kappa shape index (κ1) is 11.5. The molecule has 6 nitrogen and oxygen atoms in total. The molecular formula is C10H18N4O2. The Morgan fingerprint density at radius 1 is 1.69 bits per heavy atom. The van der Waals surface area contributed by atoms with Gasteiger partial charge in [-0.05, 0) is 6.92 Å². The lowest BCUT2D eigenvalue weighted by Crippen LogP contribution is -2.41. The zero-order valence-electron chi connectivity index (χ0n) is 9.52. The molecule has 0 radical (unpaired) electrons. The molecule has 2 heterocycles. The van der Waals surface area contributed by atoms with Gasteiger partial charge in [0.15, 0.2) is 0 Å². The van der Waals surface area contributed by atoms with E-state index in [9.17, 15) is 5.11 Å². The van der Waals surface area contributed by atoms with Crippen molar-refractivity contribution < 1.29 is 9.84 Å². The van der Waals surface area contributed by atoms with Crippen molar-refractivity contribution in [2.75, 3.05) is 19.8 Å². The highest BCUT2D eigenvalue weighted by molar-refractivity contribution is 4.88. The fourth-order valence-corrected chi connectivity index (χ4v) is 1.83. The highest BCUT2D eigenvalue weighted by Crippen LogP contribution is 2.16. The molecule has 0 aromatic carbocycles. The number of nitrogens with zero attached hydrogens (tertiary/aromatic N) is 3. The maximum atomic E-state index is 10.0. The molecule has 90 valence electrons. The predicted octanol–water partition coefficient (Wildman–Crippen LogP) is -0.461. The van der Waals surface area contributed by atoms with Crippen molar-refractivity contribution >= 4 is 0 Å². The van der Waals surface area contributed by atoms with Crippen molar-refractivity contribution in [1.29, 1.82) is 0 Å². The molecule has 0 bridgehead atoms.